The maximum atomic E-state index is 4.17. The fourth-order valence-electron chi connectivity index (χ4n) is 1.64. The van der Waals surface area contributed by atoms with Crippen molar-refractivity contribution in [2.24, 2.45) is 7.05 Å². The summed E-state index contributed by atoms with van der Waals surface area (Å²) in [5.41, 5.74) is 1.30. The molecule has 0 spiro atoms. The number of aryl methyl sites for hydroxylation is 1. The van der Waals surface area contributed by atoms with Crippen LogP contribution in [0.3, 0.4) is 0 Å². The van der Waals surface area contributed by atoms with Crippen molar-refractivity contribution < 1.29 is 0 Å². The van der Waals surface area contributed by atoms with E-state index in [4.69, 9.17) is 0 Å². The molecule has 0 aliphatic heterocycles. The Balaban J connectivity index is 2.10. The highest BCUT2D eigenvalue weighted by Gasteiger charge is 2.01. The minimum absolute atomic E-state index is 1.07. The van der Waals surface area contributed by atoms with Crippen molar-refractivity contribution in [1.29, 1.82) is 0 Å². The predicted molar refractivity (Wildman–Crippen MR) is 67.6 cm³/mol. The van der Waals surface area contributed by atoms with Gasteiger partial charge in [0, 0.05) is 45.0 Å². The van der Waals surface area contributed by atoms with E-state index in [1.54, 1.807) is 0 Å². The Morgan fingerprint density at radius 1 is 1.38 bits per heavy atom. The molecule has 0 saturated heterocycles. The van der Waals surface area contributed by atoms with E-state index < -0.39 is 0 Å². The van der Waals surface area contributed by atoms with Crippen LogP contribution in [0.15, 0.2) is 12.3 Å². The maximum Gasteiger partial charge on any atom is 0.0492 e. The largest absolute Gasteiger partial charge is 0.315 e. The number of hydrogen-bond acceptors (Lipinski definition) is 3. The van der Waals surface area contributed by atoms with Gasteiger partial charge in [0.15, 0.2) is 0 Å². The monoisotopic (exact) mass is 224 g/mol. The summed E-state index contributed by atoms with van der Waals surface area (Å²) >= 11 is 0. The van der Waals surface area contributed by atoms with E-state index in [9.17, 15) is 0 Å². The van der Waals surface area contributed by atoms with Crippen LogP contribution in [-0.2, 0) is 13.5 Å². The molecule has 0 unspecified atom stereocenters. The summed E-state index contributed by atoms with van der Waals surface area (Å²) in [6.45, 7) is 6.59. The summed E-state index contributed by atoms with van der Waals surface area (Å²) in [5, 5.41) is 7.58. The number of likely N-dealkylation sites (N-methyl/N-ethyl adjacent to an activating group) is 1. The maximum absolute atomic E-state index is 4.17. The molecule has 0 amide bonds. The van der Waals surface area contributed by atoms with E-state index in [2.05, 4.69) is 35.4 Å². The quantitative estimate of drug-likeness (QED) is 0.666. The Bertz CT molecular complexity index is 282. The molecule has 1 N–H and O–H groups in total. The van der Waals surface area contributed by atoms with Gasteiger partial charge in [0.1, 0.15) is 0 Å². The fraction of sp³-hybridized carbons (Fsp3) is 0.750. The second-order valence-corrected chi connectivity index (χ2v) is 4.25. The Hall–Kier alpha value is -0.870. The number of rotatable bonds is 8. The van der Waals surface area contributed by atoms with Crippen molar-refractivity contribution in [3.8, 4) is 0 Å². The van der Waals surface area contributed by atoms with Gasteiger partial charge in [-0.25, -0.2) is 0 Å². The smallest absolute Gasteiger partial charge is 0.0492 e. The zero-order valence-electron chi connectivity index (χ0n) is 10.7. The fourth-order valence-corrected chi connectivity index (χ4v) is 1.64. The lowest BCUT2D eigenvalue weighted by Crippen LogP contribution is -2.31. The highest BCUT2D eigenvalue weighted by molar-refractivity contribution is 5.00. The minimum atomic E-state index is 1.07. The molecule has 1 rings (SSSR count). The van der Waals surface area contributed by atoms with Crippen LogP contribution < -0.4 is 5.32 Å². The molecule has 0 aliphatic rings. The van der Waals surface area contributed by atoms with E-state index in [1.807, 2.05) is 17.9 Å². The first-order valence-electron chi connectivity index (χ1n) is 6.10. The molecule has 0 radical (unpaired) electrons. The van der Waals surface area contributed by atoms with Crippen molar-refractivity contribution in [2.75, 3.05) is 33.2 Å². The van der Waals surface area contributed by atoms with Gasteiger partial charge in [-0.2, -0.15) is 5.10 Å². The number of aromatic nitrogens is 2. The molecular weight excluding hydrogens is 200 g/mol. The molecule has 0 saturated carbocycles. The van der Waals surface area contributed by atoms with E-state index in [0.717, 1.165) is 32.6 Å². The summed E-state index contributed by atoms with van der Waals surface area (Å²) in [7, 11) is 4.17. The summed E-state index contributed by atoms with van der Waals surface area (Å²) in [5.74, 6) is 0. The second-order valence-electron chi connectivity index (χ2n) is 4.25. The summed E-state index contributed by atoms with van der Waals surface area (Å²) in [6.07, 6.45) is 4.14. The van der Waals surface area contributed by atoms with Crippen LogP contribution in [0.5, 0.6) is 0 Å². The molecule has 0 atom stereocenters. The highest BCUT2D eigenvalue weighted by atomic mass is 15.3. The van der Waals surface area contributed by atoms with Gasteiger partial charge < -0.3 is 10.2 Å². The van der Waals surface area contributed by atoms with E-state index >= 15 is 0 Å². The van der Waals surface area contributed by atoms with E-state index in [0.29, 0.717) is 0 Å². The Labute approximate surface area is 98.6 Å². The zero-order valence-corrected chi connectivity index (χ0v) is 10.7. The van der Waals surface area contributed by atoms with E-state index in [-0.39, 0.29) is 0 Å². The Kier molecular flexibility index (Phi) is 6.11. The molecule has 4 heteroatoms. The number of nitrogens with zero attached hydrogens (tertiary/aromatic N) is 3. The third-order valence-electron chi connectivity index (χ3n) is 2.77. The van der Waals surface area contributed by atoms with Gasteiger partial charge in [-0.3, -0.25) is 4.68 Å². The molecule has 16 heavy (non-hydrogen) atoms. The normalized spacial score (nSPS) is 11.2. The van der Waals surface area contributed by atoms with Gasteiger partial charge >= 0.3 is 0 Å². The first-order chi connectivity index (χ1) is 7.74. The lowest BCUT2D eigenvalue weighted by atomic mass is 10.3. The third-order valence-corrected chi connectivity index (χ3v) is 2.77. The highest BCUT2D eigenvalue weighted by Crippen LogP contribution is 1.98. The van der Waals surface area contributed by atoms with Crippen molar-refractivity contribution >= 4 is 0 Å². The van der Waals surface area contributed by atoms with Crippen LogP contribution in [0, 0.1) is 0 Å². The molecule has 0 fully saturated rings. The van der Waals surface area contributed by atoms with Crippen LogP contribution >= 0.6 is 0 Å². The topological polar surface area (TPSA) is 33.1 Å². The summed E-state index contributed by atoms with van der Waals surface area (Å²) in [6, 6.07) is 2.09. The number of hydrogen-bond donors (Lipinski definition) is 1. The van der Waals surface area contributed by atoms with E-state index in [1.165, 1.54) is 12.1 Å². The predicted octanol–water partition coefficient (Wildman–Crippen LogP) is 0.894. The minimum Gasteiger partial charge on any atom is -0.315 e. The lowest BCUT2D eigenvalue weighted by molar-refractivity contribution is 0.333. The lowest BCUT2D eigenvalue weighted by Gasteiger charge is -2.16. The third kappa shape index (κ3) is 4.77. The van der Waals surface area contributed by atoms with Gasteiger partial charge in [0.25, 0.3) is 0 Å². The molecule has 1 heterocycles. The molecule has 4 nitrogen and oxygen atoms in total. The van der Waals surface area contributed by atoms with Crippen LogP contribution in [0.25, 0.3) is 0 Å². The molecule has 0 bridgehead atoms. The molecule has 0 aromatic carbocycles. The molecule has 0 aliphatic carbocycles. The second kappa shape index (κ2) is 7.41. The summed E-state index contributed by atoms with van der Waals surface area (Å²) in [4.78, 5) is 2.36. The van der Waals surface area contributed by atoms with Crippen LogP contribution in [0.4, 0.5) is 0 Å². The SMILES string of the molecule is CCCNCCN(C)CCc1ccnn1C. The first kappa shape index (κ1) is 13.2. The average Bonchev–Trinajstić information content (AvgIpc) is 2.67. The van der Waals surface area contributed by atoms with Gasteiger partial charge in [0.05, 0.1) is 0 Å². The van der Waals surface area contributed by atoms with Gasteiger partial charge in [0.2, 0.25) is 0 Å². The van der Waals surface area contributed by atoms with Gasteiger partial charge in [-0.05, 0) is 26.1 Å². The Morgan fingerprint density at radius 3 is 2.81 bits per heavy atom. The molecule has 92 valence electrons. The zero-order chi connectivity index (χ0) is 11.8. The van der Waals surface area contributed by atoms with Gasteiger partial charge in [-0.15, -0.1) is 0 Å². The van der Waals surface area contributed by atoms with Crippen molar-refractivity contribution in [1.82, 2.24) is 20.0 Å². The van der Waals surface area contributed by atoms with Crippen molar-refractivity contribution in [3.05, 3.63) is 18.0 Å². The van der Waals surface area contributed by atoms with Gasteiger partial charge in [-0.1, -0.05) is 6.92 Å². The van der Waals surface area contributed by atoms with Crippen LogP contribution in [0.2, 0.25) is 0 Å². The molecular formula is C12H24N4. The van der Waals surface area contributed by atoms with Crippen LogP contribution in [-0.4, -0.2) is 47.9 Å². The molecule has 1 aromatic heterocycles. The average molecular weight is 224 g/mol. The standard InChI is InChI=1S/C12H24N4/c1-4-7-13-9-11-15(2)10-6-12-5-8-14-16(12)3/h5,8,13H,4,6-7,9-11H2,1-3H3. The van der Waals surface area contributed by atoms with Crippen LogP contribution in [0.1, 0.15) is 19.0 Å². The molecule has 1 aromatic rings. The van der Waals surface area contributed by atoms with Crippen molar-refractivity contribution in [2.45, 2.75) is 19.8 Å². The van der Waals surface area contributed by atoms with Crippen molar-refractivity contribution in [3.63, 3.8) is 0 Å². The summed E-state index contributed by atoms with van der Waals surface area (Å²) < 4.78 is 1.95. The number of nitrogens with one attached hydrogen (secondary N) is 1. The first-order valence-corrected chi connectivity index (χ1v) is 6.10. The Morgan fingerprint density at radius 2 is 2.19 bits per heavy atom.